The molecule has 150 valence electrons. The van der Waals surface area contributed by atoms with Crippen LogP contribution in [0.5, 0.6) is 0 Å². The third-order valence-electron chi connectivity index (χ3n) is 5.84. The monoisotopic (exact) mass is 397 g/mol. The normalized spacial score (nSPS) is 18.1. The van der Waals surface area contributed by atoms with Crippen molar-refractivity contribution in [2.24, 2.45) is 5.41 Å². The van der Waals surface area contributed by atoms with Crippen LogP contribution >= 0.6 is 0 Å². The summed E-state index contributed by atoms with van der Waals surface area (Å²) in [6.07, 6.45) is 2.38. The van der Waals surface area contributed by atoms with Crippen molar-refractivity contribution in [3.63, 3.8) is 0 Å². The maximum atomic E-state index is 13.9. The number of nitrogens with zero attached hydrogens (tertiary/aromatic N) is 4. The van der Waals surface area contributed by atoms with Gasteiger partial charge in [0.05, 0.1) is 11.2 Å². The average Bonchev–Trinajstić information content (AvgIpc) is 2.62. The third kappa shape index (κ3) is 3.17. The fraction of sp³-hybridized carbons (Fsp3) is 0.381. The Morgan fingerprint density at radius 3 is 2.69 bits per heavy atom. The Morgan fingerprint density at radius 1 is 1.17 bits per heavy atom. The minimum absolute atomic E-state index is 0.163. The van der Waals surface area contributed by atoms with Crippen molar-refractivity contribution in [1.29, 1.82) is 0 Å². The van der Waals surface area contributed by atoms with Crippen molar-refractivity contribution >= 4 is 16.9 Å². The molecule has 29 heavy (non-hydrogen) atoms. The highest BCUT2D eigenvalue weighted by molar-refractivity contribution is 5.69. The molecule has 0 unspecified atom stereocenters. The Kier molecular flexibility index (Phi) is 4.13. The summed E-state index contributed by atoms with van der Waals surface area (Å²) in [6.45, 7) is 6.04. The van der Waals surface area contributed by atoms with Gasteiger partial charge in [0.2, 0.25) is 0 Å². The second-order valence-electron chi connectivity index (χ2n) is 8.18. The van der Waals surface area contributed by atoms with Gasteiger partial charge in [-0.15, -0.1) is 0 Å². The van der Waals surface area contributed by atoms with E-state index < -0.39 is 11.6 Å². The van der Waals surface area contributed by atoms with E-state index in [4.69, 9.17) is 0 Å². The molecule has 2 saturated heterocycles. The molecule has 0 aliphatic carbocycles. The summed E-state index contributed by atoms with van der Waals surface area (Å²) in [5.74, 6) is -1.06. The van der Waals surface area contributed by atoms with Gasteiger partial charge in [0.25, 0.3) is 5.56 Å². The molecular formula is C21H21F2N5O. The van der Waals surface area contributed by atoms with Crippen LogP contribution < -0.4 is 10.5 Å². The van der Waals surface area contributed by atoms with E-state index in [9.17, 15) is 13.6 Å². The van der Waals surface area contributed by atoms with Crippen LogP contribution in [0, 0.1) is 17.0 Å². The Balaban J connectivity index is 1.22. The number of likely N-dealkylation sites (tertiary alicyclic amines) is 1. The zero-order chi connectivity index (χ0) is 20.2. The highest BCUT2D eigenvalue weighted by atomic mass is 19.1. The van der Waals surface area contributed by atoms with E-state index in [0.717, 1.165) is 44.4 Å². The fourth-order valence-electron chi connectivity index (χ4n) is 4.52. The molecule has 3 aromatic rings. The molecule has 1 spiro atoms. The second kappa shape index (κ2) is 6.59. The molecule has 0 bridgehead atoms. The lowest BCUT2D eigenvalue weighted by Gasteiger charge is -2.61. The van der Waals surface area contributed by atoms with Gasteiger partial charge in [-0.05, 0) is 30.2 Å². The molecule has 0 radical (unpaired) electrons. The molecule has 6 nitrogen and oxygen atoms in total. The second-order valence-corrected chi connectivity index (χ2v) is 8.18. The molecule has 1 N–H and O–H groups in total. The molecule has 4 heterocycles. The molecular weight excluding hydrogens is 376 g/mol. The molecule has 2 aliphatic rings. The van der Waals surface area contributed by atoms with E-state index in [1.165, 1.54) is 12.1 Å². The SMILES string of the molecule is CCc1nc2ncc(CN3CC4(C3)CN(c3ccc(F)cc3F)C4)cc2[nH]c1=O. The minimum Gasteiger partial charge on any atom is -0.368 e. The van der Waals surface area contributed by atoms with Gasteiger partial charge in [-0.2, -0.15) is 0 Å². The zero-order valence-corrected chi connectivity index (χ0v) is 16.1. The number of nitrogens with one attached hydrogen (secondary N) is 1. The molecule has 8 heteroatoms. The smallest absolute Gasteiger partial charge is 0.270 e. The number of rotatable bonds is 4. The van der Waals surface area contributed by atoms with E-state index in [2.05, 4.69) is 19.9 Å². The van der Waals surface area contributed by atoms with Crippen LogP contribution in [-0.4, -0.2) is 46.0 Å². The first kappa shape index (κ1) is 18.2. The van der Waals surface area contributed by atoms with Gasteiger partial charge in [0.1, 0.15) is 17.3 Å². The Morgan fingerprint density at radius 2 is 1.97 bits per heavy atom. The van der Waals surface area contributed by atoms with Gasteiger partial charge < -0.3 is 9.88 Å². The topological polar surface area (TPSA) is 65.1 Å². The summed E-state index contributed by atoms with van der Waals surface area (Å²) in [4.78, 5) is 27.8. The first-order chi connectivity index (χ1) is 13.9. The molecule has 1 aromatic carbocycles. The lowest BCUT2D eigenvalue weighted by Crippen LogP contribution is -2.72. The maximum Gasteiger partial charge on any atom is 0.270 e. The number of aromatic amines is 1. The first-order valence-electron chi connectivity index (χ1n) is 9.75. The molecule has 0 saturated carbocycles. The Labute approximate surface area is 166 Å². The molecule has 2 fully saturated rings. The Bertz CT molecular complexity index is 1150. The van der Waals surface area contributed by atoms with Gasteiger partial charge in [-0.3, -0.25) is 9.69 Å². The number of halogens is 2. The summed E-state index contributed by atoms with van der Waals surface area (Å²) < 4.78 is 27.0. The van der Waals surface area contributed by atoms with Crippen LogP contribution in [0.4, 0.5) is 14.5 Å². The summed E-state index contributed by atoms with van der Waals surface area (Å²) in [7, 11) is 0. The van der Waals surface area contributed by atoms with E-state index in [0.29, 0.717) is 29.0 Å². The highest BCUT2D eigenvalue weighted by Gasteiger charge is 2.51. The largest absolute Gasteiger partial charge is 0.368 e. The first-order valence-corrected chi connectivity index (χ1v) is 9.75. The number of pyridine rings is 1. The van der Waals surface area contributed by atoms with Gasteiger partial charge in [-0.1, -0.05) is 6.92 Å². The van der Waals surface area contributed by atoms with Crippen molar-refractivity contribution in [2.45, 2.75) is 19.9 Å². The lowest BCUT2D eigenvalue weighted by atomic mass is 9.72. The van der Waals surface area contributed by atoms with Crippen molar-refractivity contribution < 1.29 is 8.78 Å². The average molecular weight is 397 g/mol. The summed E-state index contributed by atoms with van der Waals surface area (Å²) >= 11 is 0. The molecule has 2 aliphatic heterocycles. The molecule has 5 rings (SSSR count). The van der Waals surface area contributed by atoms with E-state index in [-0.39, 0.29) is 11.0 Å². The van der Waals surface area contributed by atoms with E-state index in [1.54, 1.807) is 6.20 Å². The van der Waals surface area contributed by atoms with Crippen molar-refractivity contribution in [2.75, 3.05) is 31.1 Å². The maximum absolute atomic E-state index is 13.9. The number of aryl methyl sites for hydroxylation is 1. The number of anilines is 1. The number of fused-ring (bicyclic) bond motifs is 1. The van der Waals surface area contributed by atoms with Crippen LogP contribution in [0.1, 0.15) is 18.2 Å². The molecule has 0 amide bonds. The summed E-state index contributed by atoms with van der Waals surface area (Å²) in [5, 5.41) is 0. The zero-order valence-electron chi connectivity index (χ0n) is 16.1. The highest BCUT2D eigenvalue weighted by Crippen LogP contribution is 2.43. The van der Waals surface area contributed by atoms with Crippen LogP contribution in [0.3, 0.4) is 0 Å². The third-order valence-corrected chi connectivity index (χ3v) is 5.84. The number of hydrogen-bond donors (Lipinski definition) is 1. The molecule has 0 atom stereocenters. The standard InChI is InChI=1S/C21H21F2N5O/c1-2-16-20(29)26-17-5-13(7-24-19(17)25-16)8-27-9-21(10-27)11-28(12-21)18-4-3-14(22)6-15(18)23/h3-7H,2,8-12H2,1H3,(H,26,29). The van der Waals surface area contributed by atoms with Crippen LogP contribution in [0.25, 0.3) is 11.2 Å². The number of benzene rings is 1. The summed E-state index contributed by atoms with van der Waals surface area (Å²) in [5.41, 5.74) is 3.21. The predicted molar refractivity (Wildman–Crippen MR) is 106 cm³/mol. The molecule has 2 aromatic heterocycles. The van der Waals surface area contributed by atoms with E-state index in [1.807, 2.05) is 17.9 Å². The van der Waals surface area contributed by atoms with Crippen molar-refractivity contribution in [3.8, 4) is 0 Å². The summed E-state index contributed by atoms with van der Waals surface area (Å²) in [6, 6.07) is 5.67. The van der Waals surface area contributed by atoms with Gasteiger partial charge in [-0.25, -0.2) is 18.7 Å². The van der Waals surface area contributed by atoms with Crippen LogP contribution in [0.15, 0.2) is 35.3 Å². The quantitative estimate of drug-likeness (QED) is 0.733. The van der Waals surface area contributed by atoms with Crippen LogP contribution in [-0.2, 0) is 13.0 Å². The van der Waals surface area contributed by atoms with Gasteiger partial charge in [0, 0.05) is 50.4 Å². The number of aromatic nitrogens is 3. The van der Waals surface area contributed by atoms with Gasteiger partial charge >= 0.3 is 0 Å². The van der Waals surface area contributed by atoms with Crippen molar-refractivity contribution in [3.05, 3.63) is 63.7 Å². The van der Waals surface area contributed by atoms with E-state index >= 15 is 0 Å². The fourth-order valence-corrected chi connectivity index (χ4v) is 4.52. The predicted octanol–water partition coefficient (Wildman–Crippen LogP) is 2.48. The lowest BCUT2D eigenvalue weighted by molar-refractivity contribution is -0.0276. The number of hydrogen-bond acceptors (Lipinski definition) is 5. The number of H-pyrrole nitrogens is 1. The van der Waals surface area contributed by atoms with Gasteiger partial charge in [0.15, 0.2) is 5.65 Å². The minimum atomic E-state index is -0.553. The Hall–Kier alpha value is -2.87. The van der Waals surface area contributed by atoms with Crippen molar-refractivity contribution in [1.82, 2.24) is 19.9 Å². The van der Waals surface area contributed by atoms with Crippen LogP contribution in [0.2, 0.25) is 0 Å².